The Labute approximate surface area is 546 Å². The quantitative estimate of drug-likeness (QED) is 0.144. The van der Waals surface area contributed by atoms with Gasteiger partial charge in [0.15, 0.2) is 0 Å². The fourth-order valence-corrected chi connectivity index (χ4v) is 14.4. The van der Waals surface area contributed by atoms with Gasteiger partial charge in [-0.25, -0.2) is 4.98 Å². The lowest BCUT2D eigenvalue weighted by atomic mass is 9.66. The number of fused-ring (bicyclic) bond motifs is 7. The average molecular weight is 1200 g/mol. The van der Waals surface area contributed by atoms with Crippen LogP contribution < -0.4 is 14.5 Å². The number of hydrogen-bond donors (Lipinski definition) is 0. The van der Waals surface area contributed by atoms with E-state index in [0.29, 0.717) is 6.67 Å². The molecule has 3 heterocycles. The molecule has 12 aromatic rings. The van der Waals surface area contributed by atoms with E-state index in [1.54, 1.807) is 0 Å². The third-order valence-corrected chi connectivity index (χ3v) is 19.6. The summed E-state index contributed by atoms with van der Waals surface area (Å²) in [6, 6.07) is 87.0. The molecule has 1 aliphatic carbocycles. The van der Waals surface area contributed by atoms with E-state index >= 15 is 0 Å². The number of benzene rings is 10. The van der Waals surface area contributed by atoms with Gasteiger partial charge in [0, 0.05) is 45.9 Å². The maximum Gasteiger partial charge on any atom is 0.137 e. The number of ether oxygens (including phenoxy) is 1. The second-order valence-electron chi connectivity index (χ2n) is 31.0. The summed E-state index contributed by atoms with van der Waals surface area (Å²) in [7, 11) is 0. The number of nitrogens with zero attached hydrogens (tertiary/aromatic N) is 4. The monoisotopic (exact) mass is 1200 g/mol. The van der Waals surface area contributed by atoms with E-state index < -0.39 is 5.41 Å². The molecule has 460 valence electrons. The van der Waals surface area contributed by atoms with E-state index in [0.717, 1.165) is 56.4 Å². The van der Waals surface area contributed by atoms with Crippen LogP contribution in [0.2, 0.25) is 0 Å². The maximum absolute atomic E-state index is 7.62. The lowest BCUT2D eigenvalue weighted by Gasteiger charge is -2.36. The first-order chi connectivity index (χ1) is 43.7. The van der Waals surface area contributed by atoms with E-state index in [9.17, 15) is 0 Å². The molecule has 5 nitrogen and oxygen atoms in total. The zero-order chi connectivity index (χ0) is 64.4. The molecule has 2 aliphatic rings. The van der Waals surface area contributed by atoms with Gasteiger partial charge >= 0.3 is 0 Å². The summed E-state index contributed by atoms with van der Waals surface area (Å²) in [6.45, 7) is 35.2. The molecule has 0 spiro atoms. The molecule has 10 aromatic carbocycles. The van der Waals surface area contributed by atoms with Crippen molar-refractivity contribution in [1.82, 2.24) is 9.55 Å². The zero-order valence-corrected chi connectivity index (χ0v) is 56.4. The van der Waals surface area contributed by atoms with Crippen molar-refractivity contribution < 1.29 is 4.74 Å². The first-order valence-electron chi connectivity index (χ1n) is 32.9. The molecule has 0 saturated heterocycles. The van der Waals surface area contributed by atoms with Crippen molar-refractivity contribution in [3.8, 4) is 50.7 Å². The van der Waals surface area contributed by atoms with Crippen LogP contribution in [0.15, 0.2) is 237 Å². The van der Waals surface area contributed by atoms with E-state index in [2.05, 4.69) is 349 Å². The number of anilines is 4. The Morgan fingerprint density at radius 3 is 1.41 bits per heavy atom. The highest BCUT2D eigenvalue weighted by Gasteiger charge is 2.48. The van der Waals surface area contributed by atoms with Gasteiger partial charge in [0.25, 0.3) is 0 Å². The molecular weight excluding hydrogens is 1120 g/mol. The molecule has 0 saturated carbocycles. The second-order valence-corrected chi connectivity index (χ2v) is 31.0. The van der Waals surface area contributed by atoms with Gasteiger partial charge in [-0.2, -0.15) is 0 Å². The summed E-state index contributed by atoms with van der Waals surface area (Å²) in [5.74, 6) is 2.36. The van der Waals surface area contributed by atoms with Crippen LogP contribution in [0.5, 0.6) is 11.5 Å². The molecule has 1 aliphatic heterocycles. The maximum atomic E-state index is 7.62. The highest BCUT2D eigenvalue weighted by Crippen LogP contribution is 2.60. The minimum absolute atomic E-state index is 0.0531. The molecule has 92 heavy (non-hydrogen) atoms. The van der Waals surface area contributed by atoms with E-state index in [1.807, 2.05) is 6.20 Å². The Morgan fingerprint density at radius 1 is 0.359 bits per heavy atom. The van der Waals surface area contributed by atoms with Crippen molar-refractivity contribution in [1.29, 1.82) is 0 Å². The van der Waals surface area contributed by atoms with Crippen LogP contribution in [0.25, 0.3) is 61.0 Å². The van der Waals surface area contributed by atoms with Gasteiger partial charge < -0.3 is 14.5 Å². The molecule has 0 bridgehead atoms. The van der Waals surface area contributed by atoms with Crippen molar-refractivity contribution in [2.45, 2.75) is 136 Å². The average Bonchev–Trinajstić information content (AvgIpc) is 1.52. The molecule has 5 heteroatoms. The molecule has 0 N–H and O–H groups in total. The van der Waals surface area contributed by atoms with Gasteiger partial charge in [-0.1, -0.05) is 256 Å². The fourth-order valence-electron chi connectivity index (χ4n) is 14.4. The second kappa shape index (κ2) is 21.9. The van der Waals surface area contributed by atoms with Gasteiger partial charge in [0.2, 0.25) is 0 Å². The minimum atomic E-state index is -0.787. The number of para-hydroxylation sites is 3. The third kappa shape index (κ3) is 10.4. The molecule has 0 radical (unpaired) electrons. The minimum Gasteiger partial charge on any atom is -0.457 e. The summed E-state index contributed by atoms with van der Waals surface area (Å²) in [6.07, 6.45) is 1.95. The first-order valence-corrected chi connectivity index (χ1v) is 32.9. The van der Waals surface area contributed by atoms with Gasteiger partial charge in [-0.3, -0.25) is 4.57 Å². The summed E-state index contributed by atoms with van der Waals surface area (Å²) < 4.78 is 9.94. The highest BCUT2D eigenvalue weighted by molar-refractivity contribution is 6.09. The van der Waals surface area contributed by atoms with Crippen LogP contribution in [0.4, 0.5) is 22.7 Å². The molecule has 0 atom stereocenters. The van der Waals surface area contributed by atoms with Gasteiger partial charge in [0.05, 0.1) is 33.5 Å². The molecule has 14 rings (SSSR count). The third-order valence-electron chi connectivity index (χ3n) is 19.6. The molecule has 0 fully saturated rings. The normalized spacial score (nSPS) is 14.0. The lowest BCUT2D eigenvalue weighted by molar-refractivity contribution is 0.482. The SMILES string of the molecule is CC(C)(C)c1ccc(C2(c3cc(Oc4ccc5c6ccccc6n(-c6cc(C(C)(C)C)ccn6)c5c4)cc(N4CN(c5c(-c6ccccc6)cc(C(C)(C)C)cc5-c5ccccc5)c5ccccc54)c3)c3ccc(C(C)(C)C)cc3-c3cc(C(C)(C)C)ccc32)cc1. The van der Waals surface area contributed by atoms with Crippen molar-refractivity contribution in [3.05, 3.63) is 287 Å². The van der Waals surface area contributed by atoms with Gasteiger partial charge in [-0.15, -0.1) is 0 Å². The van der Waals surface area contributed by atoms with Crippen LogP contribution in [0, 0.1) is 0 Å². The number of hydrogen-bond acceptors (Lipinski definition) is 4. The zero-order valence-electron chi connectivity index (χ0n) is 56.4. The van der Waals surface area contributed by atoms with Crippen molar-refractivity contribution in [3.63, 3.8) is 0 Å². The predicted molar refractivity (Wildman–Crippen MR) is 389 cm³/mol. The number of aromatic nitrogens is 2. The number of pyridine rings is 1. The van der Waals surface area contributed by atoms with Crippen LogP contribution in [0.1, 0.15) is 154 Å². The molecule has 0 amide bonds. The lowest BCUT2D eigenvalue weighted by Crippen LogP contribution is -2.30. The Balaban J connectivity index is 1.04. The van der Waals surface area contributed by atoms with Crippen LogP contribution >= 0.6 is 0 Å². The highest BCUT2D eigenvalue weighted by atomic mass is 16.5. The summed E-state index contributed by atoms with van der Waals surface area (Å²) in [5.41, 5.74) is 23.9. The van der Waals surface area contributed by atoms with Crippen molar-refractivity contribution >= 4 is 44.6 Å². The Morgan fingerprint density at radius 2 is 0.848 bits per heavy atom. The topological polar surface area (TPSA) is 33.5 Å². The van der Waals surface area contributed by atoms with E-state index in [1.165, 1.54) is 89.0 Å². The predicted octanol–water partition coefficient (Wildman–Crippen LogP) is 23.4. The van der Waals surface area contributed by atoms with Crippen molar-refractivity contribution in [2.24, 2.45) is 0 Å². The van der Waals surface area contributed by atoms with Gasteiger partial charge in [0.1, 0.15) is 24.0 Å². The smallest absolute Gasteiger partial charge is 0.137 e. The Hall–Kier alpha value is -9.45. The molecule has 0 unspecified atom stereocenters. The standard InChI is InChI=1S/C87H86N4O/c1-82(2,3)58-34-36-59(37-35-58)87(74-42-38-60(83(4,5)6)48-72(74)73-49-61(84(7,8)9)39-43-75(73)87)64-46-65(53-67(47-64)92-66-40-41-69-68-30-22-23-31-76(68)91(79(69)54-66)80-52-62(44-45-88-80)85(10,11)12)89-55-90(78-33-25-24-32-77(78)89)81-70(56-26-18-16-19-27-56)50-63(86(13,14)15)51-71(81)57-28-20-17-21-29-57/h16-54H,55H2,1-15H3. The summed E-state index contributed by atoms with van der Waals surface area (Å²) >= 11 is 0. The van der Waals surface area contributed by atoms with Crippen LogP contribution in [-0.2, 0) is 32.5 Å². The van der Waals surface area contributed by atoms with Crippen molar-refractivity contribution in [2.75, 3.05) is 16.5 Å². The molecular formula is C87H86N4O. The van der Waals surface area contributed by atoms with Crippen LogP contribution in [-0.4, -0.2) is 16.2 Å². The fraction of sp³-hybridized carbons (Fsp3) is 0.253. The van der Waals surface area contributed by atoms with E-state index in [4.69, 9.17) is 9.72 Å². The number of rotatable bonds is 9. The van der Waals surface area contributed by atoms with Gasteiger partial charge in [-0.05, 0) is 166 Å². The first kappa shape index (κ1) is 60.1. The summed E-state index contributed by atoms with van der Waals surface area (Å²) in [5, 5.41) is 2.31. The Bertz CT molecular complexity index is 4700. The summed E-state index contributed by atoms with van der Waals surface area (Å²) in [4.78, 5) is 10.2. The van der Waals surface area contributed by atoms with E-state index in [-0.39, 0.29) is 27.1 Å². The molecule has 2 aromatic heterocycles. The Kier molecular flexibility index (Phi) is 14.3. The largest absolute Gasteiger partial charge is 0.457 e. The van der Waals surface area contributed by atoms with Crippen LogP contribution in [0.3, 0.4) is 0 Å².